The van der Waals surface area contributed by atoms with E-state index >= 15 is 0 Å². The maximum atomic E-state index is 3.99. The van der Waals surface area contributed by atoms with Crippen molar-refractivity contribution in [3.05, 3.63) is 190 Å². The van der Waals surface area contributed by atoms with Crippen molar-refractivity contribution in [2.75, 3.05) is 5.32 Å². The van der Waals surface area contributed by atoms with E-state index in [0.29, 0.717) is 0 Å². The molecule has 7 aromatic rings. The van der Waals surface area contributed by atoms with Crippen molar-refractivity contribution in [3.8, 4) is 44.5 Å². The van der Waals surface area contributed by atoms with Crippen LogP contribution in [-0.2, 0) is 21.7 Å². The van der Waals surface area contributed by atoms with Gasteiger partial charge < -0.3 is 5.32 Å². The number of hydrogen-bond donors (Lipinski definition) is 1. The van der Waals surface area contributed by atoms with Crippen LogP contribution < -0.4 is 5.32 Å². The lowest BCUT2D eigenvalue weighted by molar-refractivity contribution is 0.564. The van der Waals surface area contributed by atoms with Crippen LogP contribution in [0.4, 0.5) is 11.4 Å². The number of nitrogens with one attached hydrogen (secondary N) is 1. The average Bonchev–Trinajstić information content (AvgIpc) is 3.73. The van der Waals surface area contributed by atoms with Gasteiger partial charge in [0.25, 0.3) is 0 Å². The first-order valence-corrected chi connectivity index (χ1v) is 19.9. The number of fused-ring (bicyclic) bond motifs is 13. The molecule has 1 heteroatoms. The van der Waals surface area contributed by atoms with Crippen LogP contribution in [0, 0.1) is 0 Å². The van der Waals surface area contributed by atoms with Gasteiger partial charge in [0.05, 0.1) is 5.41 Å². The zero-order chi connectivity index (χ0) is 38.1. The molecule has 3 aliphatic carbocycles. The van der Waals surface area contributed by atoms with Gasteiger partial charge in [0.1, 0.15) is 0 Å². The molecule has 0 fully saturated rings. The Labute approximate surface area is 327 Å². The topological polar surface area (TPSA) is 12.0 Å². The quantitative estimate of drug-likeness (QED) is 0.192. The Bertz CT molecular complexity index is 2660. The van der Waals surface area contributed by atoms with Crippen LogP contribution in [-0.4, -0.2) is 0 Å². The van der Waals surface area contributed by atoms with Gasteiger partial charge in [0.15, 0.2) is 0 Å². The fourth-order valence-corrected chi connectivity index (χ4v) is 10.3. The van der Waals surface area contributed by atoms with E-state index in [1.807, 2.05) is 0 Å². The predicted molar refractivity (Wildman–Crippen MR) is 233 cm³/mol. The van der Waals surface area contributed by atoms with E-state index in [-0.39, 0.29) is 21.7 Å². The Morgan fingerprint density at radius 2 is 0.909 bits per heavy atom. The molecule has 1 spiro atoms. The van der Waals surface area contributed by atoms with Crippen molar-refractivity contribution in [2.24, 2.45) is 0 Å². The zero-order valence-electron chi connectivity index (χ0n) is 33.4. The molecular formula is C54H49N. The Kier molecular flexibility index (Phi) is 7.04. The molecule has 7 aromatic carbocycles. The van der Waals surface area contributed by atoms with Gasteiger partial charge in [0.2, 0.25) is 0 Å². The standard InChI is InChI=1S/C54H49N/c1-51(2,3)33-30-46(52(4,5)6)50-47(31-33)53(7,8)44-26-17-22-40(49(44)50)39-21-12-16-27-48(39)55-34-28-29-38-37-20-11-15-25-43(37)54(45(38)32-34)41-23-13-9-18-35(41)36-19-10-14-24-42(36)54/h9-32,55H,1-8H3. The maximum absolute atomic E-state index is 3.99. The third kappa shape index (κ3) is 4.65. The van der Waals surface area contributed by atoms with Crippen LogP contribution in [0.2, 0.25) is 0 Å². The normalized spacial score (nSPS) is 15.2. The molecule has 3 aliphatic rings. The van der Waals surface area contributed by atoms with E-state index in [1.54, 1.807) is 0 Å². The zero-order valence-corrected chi connectivity index (χ0v) is 33.4. The fraction of sp³-hybridized carbons (Fsp3) is 0.222. The van der Waals surface area contributed by atoms with Crippen molar-refractivity contribution < 1.29 is 0 Å². The van der Waals surface area contributed by atoms with Gasteiger partial charge in [-0.25, -0.2) is 0 Å². The van der Waals surface area contributed by atoms with Crippen LogP contribution >= 0.6 is 0 Å². The number of anilines is 2. The highest BCUT2D eigenvalue weighted by atomic mass is 14.9. The highest BCUT2D eigenvalue weighted by Crippen LogP contribution is 2.63. The van der Waals surface area contributed by atoms with E-state index in [0.717, 1.165) is 11.4 Å². The summed E-state index contributed by atoms with van der Waals surface area (Å²) in [6.07, 6.45) is 0. The van der Waals surface area contributed by atoms with E-state index in [1.165, 1.54) is 89.0 Å². The average molecular weight is 712 g/mol. The molecule has 10 rings (SSSR count). The third-order valence-corrected chi connectivity index (χ3v) is 13.0. The number of rotatable bonds is 3. The lowest BCUT2D eigenvalue weighted by Gasteiger charge is -2.30. The van der Waals surface area contributed by atoms with Crippen molar-refractivity contribution in [3.63, 3.8) is 0 Å². The molecular weight excluding hydrogens is 663 g/mol. The van der Waals surface area contributed by atoms with E-state index in [9.17, 15) is 0 Å². The molecule has 0 aromatic heterocycles. The second-order valence-corrected chi connectivity index (χ2v) is 18.6. The Balaban J connectivity index is 1.15. The molecule has 55 heavy (non-hydrogen) atoms. The molecule has 0 saturated carbocycles. The molecule has 0 unspecified atom stereocenters. The molecule has 0 bridgehead atoms. The highest BCUT2D eigenvalue weighted by molar-refractivity contribution is 5.99. The number of hydrogen-bond acceptors (Lipinski definition) is 1. The Morgan fingerprint density at radius 1 is 0.400 bits per heavy atom. The van der Waals surface area contributed by atoms with E-state index < -0.39 is 0 Å². The monoisotopic (exact) mass is 711 g/mol. The highest BCUT2D eigenvalue weighted by Gasteiger charge is 2.51. The lowest BCUT2D eigenvalue weighted by Crippen LogP contribution is -2.25. The fourth-order valence-electron chi connectivity index (χ4n) is 10.3. The van der Waals surface area contributed by atoms with Crippen LogP contribution in [0.25, 0.3) is 44.5 Å². The minimum atomic E-state index is -0.374. The van der Waals surface area contributed by atoms with Gasteiger partial charge in [-0.05, 0) is 112 Å². The van der Waals surface area contributed by atoms with E-state index in [4.69, 9.17) is 0 Å². The second-order valence-electron chi connectivity index (χ2n) is 18.6. The van der Waals surface area contributed by atoms with Gasteiger partial charge in [0, 0.05) is 22.4 Å². The summed E-state index contributed by atoms with van der Waals surface area (Å²) in [6.45, 7) is 19.0. The molecule has 270 valence electrons. The summed E-state index contributed by atoms with van der Waals surface area (Å²) < 4.78 is 0. The third-order valence-electron chi connectivity index (χ3n) is 13.0. The maximum Gasteiger partial charge on any atom is 0.0726 e. The van der Waals surface area contributed by atoms with Crippen molar-refractivity contribution in [1.82, 2.24) is 0 Å². The van der Waals surface area contributed by atoms with Crippen molar-refractivity contribution in [1.29, 1.82) is 0 Å². The molecule has 0 saturated heterocycles. The molecule has 1 N–H and O–H groups in total. The lowest BCUT2D eigenvalue weighted by atomic mass is 9.70. The van der Waals surface area contributed by atoms with Crippen molar-refractivity contribution >= 4 is 11.4 Å². The molecule has 1 nitrogen and oxygen atoms in total. The summed E-state index contributed by atoms with van der Waals surface area (Å²) in [5, 5.41) is 3.99. The van der Waals surface area contributed by atoms with Gasteiger partial charge in [-0.1, -0.05) is 183 Å². The smallest absolute Gasteiger partial charge is 0.0726 e. The first-order chi connectivity index (χ1) is 26.3. The minimum absolute atomic E-state index is 0.0245. The minimum Gasteiger partial charge on any atom is -0.355 e. The number of para-hydroxylation sites is 1. The molecule has 0 aliphatic heterocycles. The van der Waals surface area contributed by atoms with Crippen LogP contribution in [0.1, 0.15) is 99.9 Å². The molecule has 0 atom stereocenters. The summed E-state index contributed by atoms with van der Waals surface area (Å²) in [7, 11) is 0. The number of benzene rings is 7. The summed E-state index contributed by atoms with van der Waals surface area (Å²) in [6, 6.07) is 55.1. The second kappa shape index (κ2) is 11.4. The van der Waals surface area contributed by atoms with Crippen LogP contribution in [0.3, 0.4) is 0 Å². The summed E-state index contributed by atoms with van der Waals surface area (Å²) in [4.78, 5) is 0. The molecule has 0 radical (unpaired) electrons. The van der Waals surface area contributed by atoms with E-state index in [2.05, 4.69) is 206 Å². The summed E-state index contributed by atoms with van der Waals surface area (Å²) in [5.41, 5.74) is 23.5. The van der Waals surface area contributed by atoms with Gasteiger partial charge in [-0.2, -0.15) is 0 Å². The predicted octanol–water partition coefficient (Wildman–Crippen LogP) is 14.3. The van der Waals surface area contributed by atoms with Crippen LogP contribution in [0.15, 0.2) is 146 Å². The Hall–Kier alpha value is -5.66. The summed E-state index contributed by atoms with van der Waals surface area (Å²) >= 11 is 0. The first-order valence-electron chi connectivity index (χ1n) is 19.9. The van der Waals surface area contributed by atoms with Gasteiger partial charge >= 0.3 is 0 Å². The molecule has 0 heterocycles. The largest absolute Gasteiger partial charge is 0.355 e. The van der Waals surface area contributed by atoms with Crippen molar-refractivity contribution in [2.45, 2.75) is 77.0 Å². The van der Waals surface area contributed by atoms with Crippen LogP contribution in [0.5, 0.6) is 0 Å². The summed E-state index contributed by atoms with van der Waals surface area (Å²) in [5.74, 6) is 0. The Morgan fingerprint density at radius 3 is 1.49 bits per heavy atom. The molecule has 0 amide bonds. The SMILES string of the molecule is CC(C)(C)c1cc(C(C)(C)C)c2c(c1)C(C)(C)c1cccc(-c3ccccc3Nc3ccc4c(c3)C3(c5ccccc5-c5ccccc53)c3ccccc3-4)c1-2. The van der Waals surface area contributed by atoms with Gasteiger partial charge in [-0.15, -0.1) is 0 Å². The van der Waals surface area contributed by atoms with Gasteiger partial charge in [-0.3, -0.25) is 0 Å². The first kappa shape index (κ1) is 33.9.